The molecule has 1 N–H and O–H groups in total. The van der Waals surface area contributed by atoms with Crippen molar-refractivity contribution >= 4 is 21.2 Å². The molecule has 132 valence electrons. The van der Waals surface area contributed by atoms with Crippen molar-refractivity contribution in [2.24, 2.45) is 0 Å². The van der Waals surface area contributed by atoms with E-state index in [-0.39, 0.29) is 14.8 Å². The third kappa shape index (κ3) is 3.37. The van der Waals surface area contributed by atoms with Crippen LogP contribution in [0.1, 0.15) is 10.6 Å². The number of hydrogen-bond acceptors (Lipinski definition) is 6. The summed E-state index contributed by atoms with van der Waals surface area (Å²) in [5.41, 5.74) is 0.967. The standard InChI is InChI=1S/C18H14FN3O2S2/c1-21-11-13-9-16(15-6-3-7-22-17(15)10-20)18(25-13)26(23,24)14-5-2-4-12(19)8-14/h2-9,21H,11H2,1H3. The normalized spacial score (nSPS) is 11.3. The molecule has 0 aliphatic heterocycles. The van der Waals surface area contributed by atoms with Crippen molar-refractivity contribution in [3.8, 4) is 17.2 Å². The number of benzene rings is 1. The van der Waals surface area contributed by atoms with Gasteiger partial charge in [0.2, 0.25) is 9.84 Å². The van der Waals surface area contributed by atoms with E-state index in [0.717, 1.165) is 22.3 Å². The molecule has 26 heavy (non-hydrogen) atoms. The molecule has 3 aromatic rings. The van der Waals surface area contributed by atoms with E-state index in [2.05, 4.69) is 10.3 Å². The Morgan fingerprint density at radius 3 is 2.73 bits per heavy atom. The summed E-state index contributed by atoms with van der Waals surface area (Å²) in [4.78, 5) is 4.67. The van der Waals surface area contributed by atoms with Gasteiger partial charge >= 0.3 is 0 Å². The number of halogens is 1. The second kappa shape index (κ2) is 7.33. The minimum atomic E-state index is -3.95. The molecule has 2 aromatic heterocycles. The highest BCUT2D eigenvalue weighted by atomic mass is 32.2. The maximum absolute atomic E-state index is 13.6. The average Bonchev–Trinajstić information content (AvgIpc) is 3.06. The van der Waals surface area contributed by atoms with Gasteiger partial charge in [-0.1, -0.05) is 6.07 Å². The number of pyridine rings is 1. The van der Waals surface area contributed by atoms with E-state index in [9.17, 15) is 18.1 Å². The predicted molar refractivity (Wildman–Crippen MR) is 96.9 cm³/mol. The number of nitrogens with zero attached hydrogens (tertiary/aromatic N) is 2. The van der Waals surface area contributed by atoms with Gasteiger partial charge in [-0.15, -0.1) is 11.3 Å². The number of nitrogens with one attached hydrogen (secondary N) is 1. The Hall–Kier alpha value is -2.60. The van der Waals surface area contributed by atoms with Crippen LogP contribution >= 0.6 is 11.3 Å². The molecule has 0 bridgehead atoms. The van der Waals surface area contributed by atoms with Gasteiger partial charge < -0.3 is 5.32 Å². The zero-order valence-corrected chi connectivity index (χ0v) is 15.4. The lowest BCUT2D eigenvalue weighted by Gasteiger charge is -2.07. The SMILES string of the molecule is CNCc1cc(-c2cccnc2C#N)c(S(=O)(=O)c2cccc(F)c2)s1. The van der Waals surface area contributed by atoms with E-state index < -0.39 is 15.7 Å². The first-order chi connectivity index (χ1) is 12.5. The molecule has 0 saturated heterocycles. The number of aromatic nitrogens is 1. The third-order valence-corrected chi connectivity index (χ3v) is 7.07. The maximum Gasteiger partial charge on any atom is 0.216 e. The maximum atomic E-state index is 13.6. The first kappa shape index (κ1) is 18.2. The number of thiophene rings is 1. The minimum absolute atomic E-state index is 0.0675. The van der Waals surface area contributed by atoms with E-state index in [1.807, 2.05) is 6.07 Å². The molecule has 0 amide bonds. The average molecular weight is 387 g/mol. The molecule has 0 atom stereocenters. The van der Waals surface area contributed by atoms with E-state index in [0.29, 0.717) is 17.7 Å². The summed E-state index contributed by atoms with van der Waals surface area (Å²) >= 11 is 1.10. The second-order valence-electron chi connectivity index (χ2n) is 5.42. The van der Waals surface area contributed by atoms with Crippen molar-refractivity contribution in [1.29, 1.82) is 5.26 Å². The summed E-state index contributed by atoms with van der Waals surface area (Å²) < 4.78 is 39.9. The largest absolute Gasteiger partial charge is 0.315 e. The Bertz CT molecular complexity index is 1100. The molecule has 0 aliphatic rings. The Balaban J connectivity index is 2.26. The fraction of sp³-hybridized carbons (Fsp3) is 0.111. The minimum Gasteiger partial charge on any atom is -0.315 e. The third-order valence-electron chi connectivity index (χ3n) is 3.65. The smallest absolute Gasteiger partial charge is 0.216 e. The van der Waals surface area contributed by atoms with Crippen molar-refractivity contribution in [3.05, 3.63) is 65.0 Å². The van der Waals surface area contributed by atoms with Crippen LogP contribution in [0.25, 0.3) is 11.1 Å². The number of rotatable bonds is 5. The zero-order chi connectivity index (χ0) is 18.7. The van der Waals surface area contributed by atoms with E-state index in [1.54, 1.807) is 25.2 Å². The van der Waals surface area contributed by atoms with Gasteiger partial charge in [0.05, 0.1) is 4.90 Å². The molecule has 2 heterocycles. The molecule has 0 unspecified atom stereocenters. The number of hydrogen-bond donors (Lipinski definition) is 1. The van der Waals surface area contributed by atoms with Crippen LogP contribution in [0.15, 0.2) is 57.8 Å². The van der Waals surface area contributed by atoms with Crippen molar-refractivity contribution in [3.63, 3.8) is 0 Å². The Kier molecular flexibility index (Phi) is 5.13. The van der Waals surface area contributed by atoms with Gasteiger partial charge in [-0.05, 0) is 43.4 Å². The summed E-state index contributed by atoms with van der Waals surface area (Å²) in [6.07, 6.45) is 1.48. The molecule has 0 spiro atoms. The van der Waals surface area contributed by atoms with E-state index in [1.165, 1.54) is 24.4 Å². The first-order valence-corrected chi connectivity index (χ1v) is 9.91. The highest BCUT2D eigenvalue weighted by molar-refractivity contribution is 7.93. The Labute approximate surface area is 154 Å². The predicted octanol–water partition coefficient (Wildman–Crippen LogP) is 3.37. The summed E-state index contributed by atoms with van der Waals surface area (Å²) in [7, 11) is -2.19. The molecule has 5 nitrogen and oxygen atoms in total. The summed E-state index contributed by atoms with van der Waals surface area (Å²) in [6.45, 7) is 0.471. The van der Waals surface area contributed by atoms with Crippen LogP contribution in [0, 0.1) is 17.1 Å². The van der Waals surface area contributed by atoms with Crippen LogP contribution < -0.4 is 5.32 Å². The lowest BCUT2D eigenvalue weighted by molar-refractivity contribution is 0.593. The lowest BCUT2D eigenvalue weighted by atomic mass is 10.1. The molecule has 1 aromatic carbocycles. The first-order valence-electron chi connectivity index (χ1n) is 7.61. The van der Waals surface area contributed by atoms with Gasteiger partial charge in [0.1, 0.15) is 21.8 Å². The van der Waals surface area contributed by atoms with E-state index >= 15 is 0 Å². The monoisotopic (exact) mass is 387 g/mol. The van der Waals surface area contributed by atoms with Gasteiger partial charge in [0.15, 0.2) is 0 Å². The van der Waals surface area contributed by atoms with Crippen LogP contribution in [-0.4, -0.2) is 20.4 Å². The van der Waals surface area contributed by atoms with Crippen molar-refractivity contribution in [2.75, 3.05) is 7.05 Å². The van der Waals surface area contributed by atoms with Crippen molar-refractivity contribution < 1.29 is 12.8 Å². The highest BCUT2D eigenvalue weighted by Crippen LogP contribution is 2.39. The van der Waals surface area contributed by atoms with Crippen LogP contribution in [-0.2, 0) is 16.4 Å². The Morgan fingerprint density at radius 2 is 2.04 bits per heavy atom. The molecule has 0 radical (unpaired) electrons. The van der Waals surface area contributed by atoms with Gasteiger partial charge in [-0.2, -0.15) is 5.26 Å². The van der Waals surface area contributed by atoms with Crippen molar-refractivity contribution in [1.82, 2.24) is 10.3 Å². The van der Waals surface area contributed by atoms with Gasteiger partial charge in [0.25, 0.3) is 0 Å². The van der Waals surface area contributed by atoms with Crippen LogP contribution in [0.4, 0.5) is 4.39 Å². The summed E-state index contributed by atoms with van der Waals surface area (Å²) in [5, 5.41) is 12.3. The van der Waals surface area contributed by atoms with E-state index in [4.69, 9.17) is 0 Å². The summed E-state index contributed by atoms with van der Waals surface area (Å²) in [6, 6.07) is 11.9. The Morgan fingerprint density at radius 1 is 1.23 bits per heavy atom. The van der Waals surface area contributed by atoms with Crippen molar-refractivity contribution in [2.45, 2.75) is 15.6 Å². The van der Waals surface area contributed by atoms with Crippen LogP contribution in [0.3, 0.4) is 0 Å². The fourth-order valence-corrected chi connectivity index (χ4v) is 5.68. The second-order valence-corrected chi connectivity index (χ2v) is 8.70. The topological polar surface area (TPSA) is 82.8 Å². The van der Waals surface area contributed by atoms with Crippen LogP contribution in [0.5, 0.6) is 0 Å². The lowest BCUT2D eigenvalue weighted by Crippen LogP contribution is -2.03. The van der Waals surface area contributed by atoms with Gasteiger partial charge in [-0.25, -0.2) is 17.8 Å². The van der Waals surface area contributed by atoms with Crippen LogP contribution in [0.2, 0.25) is 0 Å². The highest BCUT2D eigenvalue weighted by Gasteiger charge is 2.27. The van der Waals surface area contributed by atoms with Gasteiger partial charge in [-0.3, -0.25) is 0 Å². The molecular weight excluding hydrogens is 373 g/mol. The molecule has 0 aliphatic carbocycles. The molecular formula is C18H14FN3O2S2. The molecule has 0 fully saturated rings. The summed E-state index contributed by atoms with van der Waals surface area (Å²) in [5.74, 6) is -0.626. The van der Waals surface area contributed by atoms with Gasteiger partial charge in [0, 0.05) is 28.7 Å². The number of nitriles is 1. The molecule has 0 saturated carbocycles. The quantitative estimate of drug-likeness (QED) is 0.726. The zero-order valence-electron chi connectivity index (χ0n) is 13.7. The molecule has 3 rings (SSSR count). The number of sulfone groups is 1. The molecule has 8 heteroatoms. The fourth-order valence-electron chi connectivity index (χ4n) is 2.53.